The van der Waals surface area contributed by atoms with Gasteiger partial charge in [-0.25, -0.2) is 0 Å². The molecule has 1 atom stereocenters. The number of nitrogens with two attached hydrogens (primary N) is 1. The fraction of sp³-hybridized carbons (Fsp3) is 0.200. The Morgan fingerprint density at radius 3 is 2.78 bits per heavy atom. The predicted octanol–water partition coefficient (Wildman–Crippen LogP) is 3.10. The second kappa shape index (κ2) is 4.35. The van der Waals surface area contributed by atoms with Crippen molar-refractivity contribution in [3.8, 4) is 22.6 Å². The molecule has 3 rings (SSSR count). The summed E-state index contributed by atoms with van der Waals surface area (Å²) in [7, 11) is 0. The summed E-state index contributed by atoms with van der Waals surface area (Å²) in [6.45, 7) is 2.27. The van der Waals surface area contributed by atoms with Crippen LogP contribution in [0.1, 0.15) is 18.5 Å². The molecule has 2 aromatic rings. The minimum Gasteiger partial charge on any atom is -0.454 e. The van der Waals surface area contributed by atoms with Crippen molar-refractivity contribution < 1.29 is 9.47 Å². The Bertz CT molecular complexity index is 578. The van der Waals surface area contributed by atoms with Crippen LogP contribution in [0.25, 0.3) is 11.1 Å². The van der Waals surface area contributed by atoms with Crippen LogP contribution in [0.15, 0.2) is 42.5 Å². The van der Waals surface area contributed by atoms with E-state index in [4.69, 9.17) is 15.2 Å². The van der Waals surface area contributed by atoms with Crippen LogP contribution in [0.2, 0.25) is 0 Å². The average molecular weight is 241 g/mol. The van der Waals surface area contributed by atoms with Gasteiger partial charge in [0.25, 0.3) is 0 Å². The van der Waals surface area contributed by atoms with Crippen molar-refractivity contribution in [3.63, 3.8) is 0 Å². The van der Waals surface area contributed by atoms with Crippen LogP contribution in [0.4, 0.5) is 0 Å². The van der Waals surface area contributed by atoms with E-state index in [9.17, 15) is 0 Å². The highest BCUT2D eigenvalue weighted by Gasteiger charge is 2.18. The minimum absolute atomic E-state index is 0.0267. The summed E-state index contributed by atoms with van der Waals surface area (Å²) in [5.41, 5.74) is 9.18. The number of benzene rings is 2. The van der Waals surface area contributed by atoms with Crippen molar-refractivity contribution in [2.75, 3.05) is 6.79 Å². The standard InChI is InChI=1S/C15H15NO2/c1-10(16)11-4-2-5-12(8-11)13-6-3-7-14-15(13)18-9-17-14/h2-8,10H,9,16H2,1H3/t10-/m0/s1. The maximum Gasteiger partial charge on any atom is 0.231 e. The second-order valence-electron chi connectivity index (χ2n) is 4.45. The summed E-state index contributed by atoms with van der Waals surface area (Å²) in [6.07, 6.45) is 0. The first-order valence-corrected chi connectivity index (χ1v) is 6.00. The monoisotopic (exact) mass is 241 g/mol. The molecule has 1 aliphatic rings. The molecule has 0 bridgehead atoms. The van der Waals surface area contributed by atoms with E-state index in [0.29, 0.717) is 6.79 Å². The number of fused-ring (bicyclic) bond motifs is 1. The molecule has 2 N–H and O–H groups in total. The molecule has 18 heavy (non-hydrogen) atoms. The van der Waals surface area contributed by atoms with Crippen molar-refractivity contribution in [2.24, 2.45) is 5.73 Å². The van der Waals surface area contributed by atoms with E-state index < -0.39 is 0 Å². The molecule has 0 spiro atoms. The molecule has 2 aromatic carbocycles. The molecule has 0 aliphatic carbocycles. The molecule has 92 valence electrons. The maximum atomic E-state index is 5.92. The van der Waals surface area contributed by atoms with E-state index in [1.54, 1.807) is 0 Å². The fourth-order valence-electron chi connectivity index (χ4n) is 2.15. The third-order valence-corrected chi connectivity index (χ3v) is 3.12. The van der Waals surface area contributed by atoms with Gasteiger partial charge in [-0.1, -0.05) is 30.3 Å². The maximum absolute atomic E-state index is 5.92. The lowest BCUT2D eigenvalue weighted by Crippen LogP contribution is -2.04. The lowest BCUT2D eigenvalue weighted by Gasteiger charge is -2.10. The largest absolute Gasteiger partial charge is 0.454 e. The predicted molar refractivity (Wildman–Crippen MR) is 70.6 cm³/mol. The van der Waals surface area contributed by atoms with Crippen LogP contribution >= 0.6 is 0 Å². The first kappa shape index (κ1) is 11.1. The Morgan fingerprint density at radius 1 is 1.11 bits per heavy atom. The fourth-order valence-corrected chi connectivity index (χ4v) is 2.15. The zero-order valence-corrected chi connectivity index (χ0v) is 10.2. The van der Waals surface area contributed by atoms with Gasteiger partial charge >= 0.3 is 0 Å². The molecular formula is C15H15NO2. The van der Waals surface area contributed by atoms with E-state index in [1.807, 2.05) is 37.3 Å². The molecule has 0 saturated carbocycles. The molecule has 0 saturated heterocycles. The van der Waals surface area contributed by atoms with Crippen LogP contribution in [-0.4, -0.2) is 6.79 Å². The number of ether oxygens (including phenoxy) is 2. The summed E-state index contributed by atoms with van der Waals surface area (Å²) in [4.78, 5) is 0. The van der Waals surface area contributed by atoms with Crippen molar-refractivity contribution in [2.45, 2.75) is 13.0 Å². The first-order valence-electron chi connectivity index (χ1n) is 6.00. The average Bonchev–Trinajstić information content (AvgIpc) is 2.87. The quantitative estimate of drug-likeness (QED) is 0.878. The Hall–Kier alpha value is -2.00. The van der Waals surface area contributed by atoms with Gasteiger partial charge in [-0.3, -0.25) is 0 Å². The third kappa shape index (κ3) is 1.83. The van der Waals surface area contributed by atoms with E-state index >= 15 is 0 Å². The first-order chi connectivity index (χ1) is 8.75. The van der Waals surface area contributed by atoms with Crippen molar-refractivity contribution in [1.82, 2.24) is 0 Å². The van der Waals surface area contributed by atoms with Crippen molar-refractivity contribution in [1.29, 1.82) is 0 Å². The number of rotatable bonds is 2. The van der Waals surface area contributed by atoms with Gasteiger partial charge in [-0.15, -0.1) is 0 Å². The summed E-state index contributed by atoms with van der Waals surface area (Å²) < 4.78 is 10.9. The molecule has 0 unspecified atom stereocenters. The normalized spacial score (nSPS) is 14.6. The molecule has 1 heterocycles. The van der Waals surface area contributed by atoms with Crippen LogP contribution < -0.4 is 15.2 Å². The van der Waals surface area contributed by atoms with Crippen LogP contribution in [0, 0.1) is 0 Å². The number of hydrogen-bond donors (Lipinski definition) is 1. The summed E-state index contributed by atoms with van der Waals surface area (Å²) in [6, 6.07) is 14.2. The van der Waals surface area contributed by atoms with E-state index in [1.165, 1.54) is 0 Å². The molecule has 3 nitrogen and oxygen atoms in total. The van der Waals surface area contributed by atoms with Gasteiger partial charge in [0, 0.05) is 11.6 Å². The van der Waals surface area contributed by atoms with Crippen molar-refractivity contribution >= 4 is 0 Å². The molecule has 0 aromatic heterocycles. The second-order valence-corrected chi connectivity index (χ2v) is 4.45. The van der Waals surface area contributed by atoms with Gasteiger partial charge < -0.3 is 15.2 Å². The van der Waals surface area contributed by atoms with Gasteiger partial charge in [0.2, 0.25) is 6.79 Å². The molecule has 1 aliphatic heterocycles. The lowest BCUT2D eigenvalue weighted by molar-refractivity contribution is 0.174. The molecule has 0 radical (unpaired) electrons. The minimum atomic E-state index is 0.0267. The van der Waals surface area contributed by atoms with E-state index in [-0.39, 0.29) is 6.04 Å². The van der Waals surface area contributed by atoms with E-state index in [2.05, 4.69) is 12.1 Å². The highest BCUT2D eigenvalue weighted by Crippen LogP contribution is 2.41. The van der Waals surface area contributed by atoms with Gasteiger partial charge in [0.15, 0.2) is 11.5 Å². The Kier molecular flexibility index (Phi) is 2.68. The lowest BCUT2D eigenvalue weighted by atomic mass is 9.99. The summed E-state index contributed by atoms with van der Waals surface area (Å²) in [5.74, 6) is 1.62. The topological polar surface area (TPSA) is 44.5 Å². The Morgan fingerprint density at radius 2 is 1.94 bits per heavy atom. The smallest absolute Gasteiger partial charge is 0.231 e. The molecule has 0 amide bonds. The Labute approximate surface area is 106 Å². The van der Waals surface area contributed by atoms with Crippen LogP contribution in [0.3, 0.4) is 0 Å². The van der Waals surface area contributed by atoms with Gasteiger partial charge in [0.05, 0.1) is 0 Å². The van der Waals surface area contributed by atoms with Crippen molar-refractivity contribution in [3.05, 3.63) is 48.0 Å². The Balaban J connectivity index is 2.10. The molecule has 0 fully saturated rings. The highest BCUT2D eigenvalue weighted by atomic mass is 16.7. The SMILES string of the molecule is C[C@H](N)c1cccc(-c2cccc3c2OCO3)c1. The zero-order valence-electron chi connectivity index (χ0n) is 10.2. The zero-order chi connectivity index (χ0) is 12.5. The highest BCUT2D eigenvalue weighted by molar-refractivity contribution is 5.74. The number of hydrogen-bond acceptors (Lipinski definition) is 3. The summed E-state index contributed by atoms with van der Waals surface area (Å²) in [5, 5.41) is 0. The van der Waals surface area contributed by atoms with Crippen LogP contribution in [0.5, 0.6) is 11.5 Å². The summed E-state index contributed by atoms with van der Waals surface area (Å²) >= 11 is 0. The molecule has 3 heteroatoms. The van der Waals surface area contributed by atoms with Gasteiger partial charge in [-0.2, -0.15) is 0 Å². The van der Waals surface area contributed by atoms with Crippen LogP contribution in [-0.2, 0) is 0 Å². The van der Waals surface area contributed by atoms with E-state index in [0.717, 1.165) is 28.2 Å². The van der Waals surface area contributed by atoms with Gasteiger partial charge in [0.1, 0.15) is 0 Å². The van der Waals surface area contributed by atoms with Gasteiger partial charge in [-0.05, 0) is 30.2 Å². The molecular weight excluding hydrogens is 226 g/mol. The third-order valence-electron chi connectivity index (χ3n) is 3.12. The number of para-hydroxylation sites is 1.